The Labute approximate surface area is 646 Å². The number of aliphatic hydroxyl groups is 5. The van der Waals surface area contributed by atoms with Crippen LogP contribution in [-0.4, -0.2) is 187 Å². The summed E-state index contributed by atoms with van der Waals surface area (Å²) in [6.07, 6.45) is -13.7. The van der Waals surface area contributed by atoms with Crippen LogP contribution in [0.1, 0.15) is 137 Å². The van der Waals surface area contributed by atoms with Crippen molar-refractivity contribution in [3.8, 4) is 57.1 Å². The van der Waals surface area contributed by atoms with Crippen LogP contribution in [0.2, 0.25) is 10.0 Å². The molecule has 4 aliphatic carbocycles. The summed E-state index contributed by atoms with van der Waals surface area (Å²) in [7, 11) is 1.49. The van der Waals surface area contributed by atoms with Gasteiger partial charge in [0.25, 0.3) is 0 Å². The van der Waals surface area contributed by atoms with Gasteiger partial charge in [-0.05, 0) is 171 Å². The average molecular weight is 1580 g/mol. The van der Waals surface area contributed by atoms with Gasteiger partial charge in [0.2, 0.25) is 59.3 Å². The van der Waals surface area contributed by atoms with Crippen LogP contribution in [0.4, 0.5) is 0 Å². The topological polar surface area (TPSA) is 528 Å². The van der Waals surface area contributed by atoms with E-state index < -0.39 is 210 Å². The molecule has 11 aliphatic rings. The van der Waals surface area contributed by atoms with Crippen molar-refractivity contribution in [2.75, 3.05) is 13.6 Å². The number of rotatable bonds is 14. The number of primary amides is 1. The van der Waals surface area contributed by atoms with Crippen LogP contribution in [0.5, 0.6) is 46.0 Å². The summed E-state index contributed by atoms with van der Waals surface area (Å²) in [5, 5.41) is 115. The van der Waals surface area contributed by atoms with Crippen LogP contribution in [0.3, 0.4) is 0 Å². The van der Waals surface area contributed by atoms with E-state index in [9.17, 15) is 55.2 Å². The highest BCUT2D eigenvalue weighted by atomic mass is 35.5. The molecule has 5 aromatic carbocycles. The molecule has 16 rings (SSSR count). The van der Waals surface area contributed by atoms with Crippen LogP contribution >= 0.6 is 23.2 Å². The minimum absolute atomic E-state index is 0.0574. The van der Waals surface area contributed by atoms with Crippen molar-refractivity contribution < 1.29 is 108 Å². The highest BCUT2D eigenvalue weighted by Crippen LogP contribution is 2.55. The fourth-order valence-corrected chi connectivity index (χ4v) is 17.4. The third-order valence-electron chi connectivity index (χ3n) is 22.4. The molecule has 7 heterocycles. The van der Waals surface area contributed by atoms with Crippen LogP contribution in [0.25, 0.3) is 11.1 Å². The normalized spacial score (nSPS) is 32.8. The van der Waals surface area contributed by atoms with Crippen molar-refractivity contribution in [3.63, 3.8) is 0 Å². The maximum Gasteiger partial charge on any atom is 0.248 e. The van der Waals surface area contributed by atoms with E-state index in [1.54, 1.807) is 0 Å². The molecular formula is C76H91Cl2N11O22. The first-order chi connectivity index (χ1) is 52.6. The van der Waals surface area contributed by atoms with Crippen molar-refractivity contribution in [2.24, 2.45) is 46.8 Å². The zero-order valence-electron chi connectivity index (χ0n) is 60.9. The molecule has 8 amide bonds. The van der Waals surface area contributed by atoms with Crippen LogP contribution in [0, 0.1) is 29.6 Å². The third kappa shape index (κ3) is 16.4. The van der Waals surface area contributed by atoms with Gasteiger partial charge in [0, 0.05) is 41.7 Å². The number of nitrogens with two attached hydrogens (primary N) is 3. The van der Waals surface area contributed by atoms with Gasteiger partial charge >= 0.3 is 0 Å². The van der Waals surface area contributed by atoms with Crippen LogP contribution in [0.15, 0.2) is 78.9 Å². The number of phenolic OH excluding ortho intramolecular Hbond substituents is 3. The molecule has 5 aromatic rings. The van der Waals surface area contributed by atoms with E-state index in [2.05, 4.69) is 42.5 Å². The lowest BCUT2D eigenvalue weighted by atomic mass is 9.54. The summed E-state index contributed by atoms with van der Waals surface area (Å²) in [5.41, 5.74) is 15.3. The number of nitrogens with one attached hydrogen (secondary N) is 8. The summed E-state index contributed by atoms with van der Waals surface area (Å²) in [6, 6.07) is 1.09. The first-order valence-electron chi connectivity index (χ1n) is 36.8. The van der Waals surface area contributed by atoms with Gasteiger partial charge in [-0.1, -0.05) is 55.2 Å². The summed E-state index contributed by atoms with van der Waals surface area (Å²) >= 11 is 14.5. The molecule has 0 aromatic heterocycles. The van der Waals surface area contributed by atoms with E-state index >= 15 is 24.0 Å². The molecule has 35 heteroatoms. The Morgan fingerprint density at radius 2 is 1.29 bits per heavy atom. The van der Waals surface area contributed by atoms with Gasteiger partial charge in [-0.15, -0.1) is 0 Å². The summed E-state index contributed by atoms with van der Waals surface area (Å²) < 4.78 is 38.9. The standard InChI is InChI=1S/C76H91Cl2N11O22/c1-28(2)12-43(82-5)68(99)88-59-61(94)33-7-10-47(41(77)19-33)107-49-21-37-22-50(66(49)111-75-64(97)63(96)62(95)51(27-79)109-75)108-48-11-8-34(20-42(48)78)65(110-53-26-76(4,81)67(98)29(3)106-53)60-74(105)87-58(72(103)84-55-35-14-30-13-31(16-35)17-36(55)15-30)40-23-38(90)24-46(92)54(40)39-18-32(6-9-45(39)91)56(70(101)89-60)86-71(102)57(37)85-69(100)44(25-52(80)93)83-73(59)104/h6-11,18-24,28-31,35-36,43-44,51,53,55-65,67,75,82,90-92,94-98H,12-17,25-27,79,81H2,1-5H3,(H2,80,93)(H,83,104)(H,84,103)(H,85,100)(H,86,102)(H,87,105)(H,88,99)(H,89,101)/t29-,30?,31?,35?,36?,43-,44+,51+,53+,55?,56-,57-,58+,59-,60+,61-,62+,63-,64+,65-,67-,75-,76+/m1/s1. The molecule has 7 aliphatic heterocycles. The largest absolute Gasteiger partial charge is 0.508 e. The number of benzene rings is 5. The molecule has 0 spiro atoms. The summed E-state index contributed by atoms with van der Waals surface area (Å²) in [6.45, 7) is 6.27. The quantitative estimate of drug-likeness (QED) is 0.0755. The van der Waals surface area contributed by atoms with Gasteiger partial charge < -0.3 is 129 Å². The molecule has 6 fully saturated rings. The Morgan fingerprint density at radius 1 is 0.676 bits per heavy atom. The predicted octanol–water partition coefficient (Wildman–Crippen LogP) is 1.93. The number of hydrogen-bond donors (Lipinski definition) is 19. The zero-order chi connectivity index (χ0) is 79.7. The number of fused-ring (bicyclic) bond motifs is 15. The molecule has 111 heavy (non-hydrogen) atoms. The van der Waals surface area contributed by atoms with Gasteiger partial charge in [-0.3, -0.25) is 38.4 Å². The summed E-state index contributed by atoms with van der Waals surface area (Å²) in [4.78, 5) is 123. The first kappa shape index (κ1) is 79.9. The van der Waals surface area contributed by atoms with Gasteiger partial charge in [0.05, 0.1) is 34.7 Å². The molecule has 33 nitrogen and oxygen atoms in total. The SMILES string of the molecule is CN[C@H](CC(C)C)C(=O)N[C@H]1C(=O)N[C@@H](CC(N)=O)C(=O)N[C@H]2C(=O)N[C@H]3C(=O)N[C@H](C(=O)N[C@H](C(=O)NC4C5CC6CC(C5)CC4C6)c4cc(O)cc(O)c4-c4cc3ccc4O)[C@H](O[C@H]3C[C@](C)(N)[C@H](O)[C@@H](C)O3)c3ccc(c(Cl)c3)Oc3cc2cc(c3O[C@H]2O[C@@H](CN)[C@H](O)[C@@H](O)[C@@H]2O)Oc2ccc(cc2Cl)[C@H]1O. The van der Waals surface area contributed by atoms with Gasteiger partial charge in [-0.25, -0.2) is 0 Å². The molecule has 0 radical (unpaired) electrons. The van der Waals surface area contributed by atoms with Crippen molar-refractivity contribution in [3.05, 3.63) is 117 Å². The number of amides is 8. The first-order valence-corrected chi connectivity index (χ1v) is 37.5. The maximum absolute atomic E-state index is 16.4. The second kappa shape index (κ2) is 32.1. The molecule has 596 valence electrons. The van der Waals surface area contributed by atoms with Crippen molar-refractivity contribution in [1.82, 2.24) is 42.5 Å². The van der Waals surface area contributed by atoms with Crippen LogP contribution < -0.4 is 73.9 Å². The highest BCUT2D eigenvalue weighted by molar-refractivity contribution is 6.32. The third-order valence-corrected chi connectivity index (χ3v) is 23.0. The number of ether oxygens (including phenoxy) is 6. The molecular weight excluding hydrogens is 1490 g/mol. The van der Waals surface area contributed by atoms with Crippen molar-refractivity contribution in [2.45, 2.75) is 194 Å². The molecule has 18 atom stereocenters. The molecule has 4 saturated carbocycles. The number of carbonyl (C=O) groups is 8. The molecule has 2 saturated heterocycles. The lowest BCUT2D eigenvalue weighted by molar-refractivity contribution is -0.270. The van der Waals surface area contributed by atoms with Gasteiger partial charge in [0.15, 0.2) is 17.8 Å². The van der Waals surface area contributed by atoms with E-state index in [1.165, 1.54) is 63.4 Å². The second-order valence-electron chi connectivity index (χ2n) is 30.9. The Bertz CT molecular complexity index is 4450. The lowest BCUT2D eigenvalue weighted by Gasteiger charge is -2.54. The number of aromatic hydroxyl groups is 3. The van der Waals surface area contributed by atoms with E-state index in [0.717, 1.165) is 68.5 Å². The second-order valence-corrected chi connectivity index (χ2v) is 31.7. The number of phenols is 3. The lowest BCUT2D eigenvalue weighted by Crippen LogP contribution is -2.61. The smallest absolute Gasteiger partial charge is 0.248 e. The highest BCUT2D eigenvalue weighted by Gasteiger charge is 2.52. The average Bonchev–Trinajstić information content (AvgIpc) is 0.757. The number of hydrogen-bond acceptors (Lipinski definition) is 25. The molecule has 15 bridgehead atoms. The Kier molecular flexibility index (Phi) is 23.1. The Morgan fingerprint density at radius 3 is 1.90 bits per heavy atom. The fraction of sp³-hybridized carbons (Fsp3) is 0.500. The Balaban J connectivity index is 1.04. The monoisotopic (exact) mass is 1580 g/mol. The van der Waals surface area contributed by atoms with E-state index in [0.29, 0.717) is 11.8 Å². The number of carbonyl (C=O) groups excluding carboxylic acids is 8. The predicted molar refractivity (Wildman–Crippen MR) is 393 cm³/mol. The minimum Gasteiger partial charge on any atom is -0.508 e. The maximum atomic E-state index is 16.4. The zero-order valence-corrected chi connectivity index (χ0v) is 62.4. The molecule has 22 N–H and O–H groups in total. The summed E-state index contributed by atoms with van der Waals surface area (Å²) in [5.74, 6) is -12.8. The van der Waals surface area contributed by atoms with Crippen molar-refractivity contribution >= 4 is 70.5 Å². The van der Waals surface area contributed by atoms with Gasteiger partial charge in [0.1, 0.15) is 102 Å². The van der Waals surface area contributed by atoms with E-state index in [4.69, 9.17) is 68.8 Å². The van der Waals surface area contributed by atoms with Crippen molar-refractivity contribution in [1.29, 1.82) is 0 Å². The van der Waals surface area contributed by atoms with Gasteiger partial charge in [-0.2, -0.15) is 0 Å². The fourth-order valence-electron chi connectivity index (χ4n) is 17.0. The number of halogens is 2. The molecule has 0 unspecified atom stereocenters. The Hall–Kier alpha value is -9.20. The number of likely N-dealkylation sites (N-methyl/N-ethyl adjacent to an activating group) is 1. The van der Waals surface area contributed by atoms with Crippen LogP contribution in [-0.2, 0) is 52.6 Å². The van der Waals surface area contributed by atoms with E-state index in [1.807, 2.05) is 13.8 Å². The minimum atomic E-state index is -2.31. The number of aliphatic hydroxyl groups excluding tert-OH is 5. The van der Waals surface area contributed by atoms with E-state index in [-0.39, 0.29) is 91.6 Å².